The predicted molar refractivity (Wildman–Crippen MR) is 71.4 cm³/mol. The molecule has 5 heteroatoms. The fourth-order valence-corrected chi connectivity index (χ4v) is 1.90. The maximum atomic E-state index is 5.86. The number of nitrogens with zero attached hydrogens (tertiary/aromatic N) is 3. The molecule has 0 unspecified atom stereocenters. The van der Waals surface area contributed by atoms with E-state index in [2.05, 4.69) is 37.8 Å². The lowest BCUT2D eigenvalue weighted by Gasteiger charge is -2.07. The summed E-state index contributed by atoms with van der Waals surface area (Å²) in [7, 11) is 0. The van der Waals surface area contributed by atoms with E-state index in [1.165, 1.54) is 0 Å². The van der Waals surface area contributed by atoms with E-state index in [4.69, 9.17) is 5.73 Å². The van der Waals surface area contributed by atoms with Gasteiger partial charge in [-0.3, -0.25) is 4.98 Å². The Kier molecular flexibility index (Phi) is 3.68. The summed E-state index contributed by atoms with van der Waals surface area (Å²) in [5.74, 6) is 1.04. The van der Waals surface area contributed by atoms with Crippen molar-refractivity contribution in [2.45, 2.75) is 19.8 Å². The number of anilines is 1. The van der Waals surface area contributed by atoms with Gasteiger partial charge in [-0.2, -0.15) is 0 Å². The molecule has 0 amide bonds. The summed E-state index contributed by atoms with van der Waals surface area (Å²) < 4.78 is 0.791. The van der Waals surface area contributed by atoms with Crippen molar-refractivity contribution in [3.63, 3.8) is 0 Å². The van der Waals surface area contributed by atoms with Crippen molar-refractivity contribution in [3.05, 3.63) is 34.6 Å². The molecule has 2 aromatic rings. The van der Waals surface area contributed by atoms with E-state index >= 15 is 0 Å². The number of halogens is 1. The van der Waals surface area contributed by atoms with Gasteiger partial charge >= 0.3 is 0 Å². The summed E-state index contributed by atoms with van der Waals surface area (Å²) >= 11 is 3.42. The van der Waals surface area contributed by atoms with E-state index in [0.29, 0.717) is 11.6 Å². The van der Waals surface area contributed by atoms with Gasteiger partial charge in [0.2, 0.25) is 0 Å². The maximum Gasteiger partial charge on any atom is 0.180 e. The standard InChI is InChI=1S/C12H13BrN4/c1-2-5-8-10(13)11(14)17-12(16-8)9-6-3-4-7-15-9/h3-4,6-7H,2,5H2,1H3,(H2,14,16,17). The van der Waals surface area contributed by atoms with Gasteiger partial charge in [-0.25, -0.2) is 9.97 Å². The first-order chi connectivity index (χ1) is 8.22. The van der Waals surface area contributed by atoms with E-state index in [9.17, 15) is 0 Å². The van der Waals surface area contributed by atoms with Crippen molar-refractivity contribution in [2.75, 3.05) is 5.73 Å². The molecule has 2 N–H and O–H groups in total. The predicted octanol–water partition coefficient (Wildman–Crippen LogP) is 2.84. The SMILES string of the molecule is CCCc1nc(-c2ccccn2)nc(N)c1Br. The van der Waals surface area contributed by atoms with Crippen LogP contribution in [0.25, 0.3) is 11.5 Å². The minimum Gasteiger partial charge on any atom is -0.383 e. The zero-order chi connectivity index (χ0) is 12.3. The van der Waals surface area contributed by atoms with Crippen LogP contribution in [0.4, 0.5) is 5.82 Å². The fraction of sp³-hybridized carbons (Fsp3) is 0.250. The molecular weight excluding hydrogens is 280 g/mol. The van der Waals surface area contributed by atoms with Crippen LogP contribution in [0.15, 0.2) is 28.9 Å². The molecule has 4 nitrogen and oxygen atoms in total. The normalized spacial score (nSPS) is 10.5. The smallest absolute Gasteiger partial charge is 0.180 e. The Bertz CT molecular complexity index is 513. The van der Waals surface area contributed by atoms with Crippen LogP contribution in [0.3, 0.4) is 0 Å². The van der Waals surface area contributed by atoms with Crippen molar-refractivity contribution in [1.29, 1.82) is 0 Å². The highest BCUT2D eigenvalue weighted by Crippen LogP contribution is 2.25. The number of hydrogen-bond acceptors (Lipinski definition) is 4. The first-order valence-electron chi connectivity index (χ1n) is 5.45. The Morgan fingerprint density at radius 1 is 1.29 bits per heavy atom. The van der Waals surface area contributed by atoms with Gasteiger partial charge in [0.1, 0.15) is 11.5 Å². The molecule has 0 saturated heterocycles. The third-order valence-electron chi connectivity index (χ3n) is 2.33. The van der Waals surface area contributed by atoms with Gasteiger partial charge in [0.15, 0.2) is 5.82 Å². The summed E-state index contributed by atoms with van der Waals surface area (Å²) in [5.41, 5.74) is 7.53. The van der Waals surface area contributed by atoms with Gasteiger partial charge in [0, 0.05) is 6.20 Å². The Morgan fingerprint density at radius 2 is 2.12 bits per heavy atom. The zero-order valence-electron chi connectivity index (χ0n) is 9.52. The molecule has 0 fully saturated rings. The largest absolute Gasteiger partial charge is 0.383 e. The number of nitrogens with two attached hydrogens (primary N) is 1. The molecule has 0 saturated carbocycles. The Balaban J connectivity index is 2.49. The Morgan fingerprint density at radius 3 is 2.76 bits per heavy atom. The summed E-state index contributed by atoms with van der Waals surface area (Å²) in [6.07, 6.45) is 3.60. The molecular formula is C12H13BrN4. The highest BCUT2D eigenvalue weighted by atomic mass is 79.9. The zero-order valence-corrected chi connectivity index (χ0v) is 11.1. The number of hydrogen-bond donors (Lipinski definition) is 1. The van der Waals surface area contributed by atoms with Gasteiger partial charge < -0.3 is 5.73 Å². The summed E-state index contributed by atoms with van der Waals surface area (Å²) in [6.45, 7) is 2.10. The molecule has 0 aliphatic carbocycles. The molecule has 2 rings (SSSR count). The molecule has 2 aromatic heterocycles. The minimum absolute atomic E-state index is 0.462. The van der Waals surface area contributed by atoms with Crippen LogP contribution in [0.2, 0.25) is 0 Å². The van der Waals surface area contributed by atoms with Crippen LogP contribution < -0.4 is 5.73 Å². The number of aryl methyl sites for hydroxylation is 1. The molecule has 0 radical (unpaired) electrons. The second-order valence-corrected chi connectivity index (χ2v) is 4.45. The van der Waals surface area contributed by atoms with E-state index in [0.717, 1.165) is 28.7 Å². The van der Waals surface area contributed by atoms with Gasteiger partial charge in [-0.15, -0.1) is 0 Å². The van der Waals surface area contributed by atoms with Gasteiger partial charge in [0.25, 0.3) is 0 Å². The van der Waals surface area contributed by atoms with Crippen molar-refractivity contribution < 1.29 is 0 Å². The monoisotopic (exact) mass is 292 g/mol. The van der Waals surface area contributed by atoms with Gasteiger partial charge in [-0.1, -0.05) is 19.4 Å². The lowest BCUT2D eigenvalue weighted by atomic mass is 10.2. The number of aromatic nitrogens is 3. The topological polar surface area (TPSA) is 64.7 Å². The van der Waals surface area contributed by atoms with E-state index < -0.39 is 0 Å². The second-order valence-electron chi connectivity index (χ2n) is 3.66. The Hall–Kier alpha value is -1.49. The fourth-order valence-electron chi connectivity index (χ4n) is 1.52. The van der Waals surface area contributed by atoms with Crippen LogP contribution in [-0.4, -0.2) is 15.0 Å². The molecule has 0 aromatic carbocycles. The number of rotatable bonds is 3. The van der Waals surface area contributed by atoms with Crippen LogP contribution in [0.1, 0.15) is 19.0 Å². The summed E-state index contributed by atoms with van der Waals surface area (Å²) in [6, 6.07) is 5.64. The van der Waals surface area contributed by atoms with E-state index in [1.54, 1.807) is 6.20 Å². The average molecular weight is 293 g/mol. The Labute approximate surface area is 108 Å². The lowest BCUT2D eigenvalue weighted by Crippen LogP contribution is -2.03. The van der Waals surface area contributed by atoms with Crippen molar-refractivity contribution in [1.82, 2.24) is 15.0 Å². The molecule has 0 aliphatic heterocycles. The summed E-state index contributed by atoms with van der Waals surface area (Å²) in [5, 5.41) is 0. The lowest BCUT2D eigenvalue weighted by molar-refractivity contribution is 0.868. The van der Waals surface area contributed by atoms with Crippen molar-refractivity contribution in [2.24, 2.45) is 0 Å². The molecule has 2 heterocycles. The van der Waals surface area contributed by atoms with Crippen LogP contribution in [-0.2, 0) is 6.42 Å². The maximum absolute atomic E-state index is 5.86. The first kappa shape index (κ1) is 12.0. The highest BCUT2D eigenvalue weighted by Gasteiger charge is 2.11. The number of nitrogen functional groups attached to an aromatic ring is 1. The van der Waals surface area contributed by atoms with Gasteiger partial charge in [-0.05, 0) is 34.5 Å². The van der Waals surface area contributed by atoms with E-state index in [1.807, 2.05) is 18.2 Å². The van der Waals surface area contributed by atoms with Crippen LogP contribution in [0.5, 0.6) is 0 Å². The van der Waals surface area contributed by atoms with Crippen molar-refractivity contribution in [3.8, 4) is 11.5 Å². The van der Waals surface area contributed by atoms with Crippen LogP contribution >= 0.6 is 15.9 Å². The third-order valence-corrected chi connectivity index (χ3v) is 3.19. The molecule has 0 atom stereocenters. The second kappa shape index (κ2) is 5.23. The first-order valence-corrected chi connectivity index (χ1v) is 6.25. The average Bonchev–Trinajstić information content (AvgIpc) is 2.36. The molecule has 0 spiro atoms. The van der Waals surface area contributed by atoms with Gasteiger partial charge in [0.05, 0.1) is 10.2 Å². The van der Waals surface area contributed by atoms with E-state index in [-0.39, 0.29) is 0 Å². The quantitative estimate of drug-likeness (QED) is 0.945. The van der Waals surface area contributed by atoms with Crippen LogP contribution in [0, 0.1) is 0 Å². The van der Waals surface area contributed by atoms with Crippen molar-refractivity contribution >= 4 is 21.7 Å². The molecule has 88 valence electrons. The molecule has 0 aliphatic rings. The third kappa shape index (κ3) is 2.61. The minimum atomic E-state index is 0.462. The molecule has 17 heavy (non-hydrogen) atoms. The molecule has 0 bridgehead atoms. The summed E-state index contributed by atoms with van der Waals surface area (Å²) in [4.78, 5) is 13.0. The number of pyridine rings is 1. The highest BCUT2D eigenvalue weighted by molar-refractivity contribution is 9.10.